The van der Waals surface area contributed by atoms with Gasteiger partial charge in [0.05, 0.1) is 6.54 Å². The van der Waals surface area contributed by atoms with Crippen LogP contribution in [-0.2, 0) is 4.79 Å². The van der Waals surface area contributed by atoms with Crippen molar-refractivity contribution < 1.29 is 23.8 Å². The van der Waals surface area contributed by atoms with Crippen LogP contribution in [0, 0.1) is 11.8 Å². The van der Waals surface area contributed by atoms with Gasteiger partial charge in [-0.25, -0.2) is 4.79 Å². The number of hydrogen-bond donors (Lipinski definition) is 3. The lowest BCUT2D eigenvalue weighted by Gasteiger charge is -2.06. The Morgan fingerprint density at radius 1 is 1.04 bits per heavy atom. The molecule has 0 radical (unpaired) electrons. The van der Waals surface area contributed by atoms with Crippen molar-refractivity contribution in [3.63, 3.8) is 0 Å². The van der Waals surface area contributed by atoms with E-state index in [0.717, 1.165) is 0 Å². The van der Waals surface area contributed by atoms with Crippen LogP contribution in [0.25, 0.3) is 0 Å². The molecule has 2 aromatic carbocycles. The predicted octanol–water partition coefficient (Wildman–Crippen LogP) is 2.58. The van der Waals surface area contributed by atoms with Gasteiger partial charge >= 0.3 is 6.03 Å². The van der Waals surface area contributed by atoms with Crippen molar-refractivity contribution in [3.8, 4) is 29.1 Å². The first-order valence-electron chi connectivity index (χ1n) is 8.51. The number of urea groups is 1. The van der Waals surface area contributed by atoms with Crippen LogP contribution in [0.2, 0.25) is 0 Å². The Morgan fingerprint density at radius 2 is 1.86 bits per heavy atom. The standard InChI is InChI=1S/C20H19N3O5/c1-14(24)22-15-5-4-6-17(11-15)26-10-3-2-9-21-20(25)23-16-7-8-18-19(12-16)28-13-27-18/h4-8,11-12H,9-10,13H2,1H3,(H,22,24)(H2,21,23,25). The number of ether oxygens (including phenoxy) is 3. The molecule has 0 aromatic heterocycles. The quantitative estimate of drug-likeness (QED) is 0.692. The topological polar surface area (TPSA) is 97.9 Å². The van der Waals surface area contributed by atoms with E-state index in [9.17, 15) is 9.59 Å². The molecule has 0 unspecified atom stereocenters. The Labute approximate surface area is 162 Å². The smallest absolute Gasteiger partial charge is 0.319 e. The van der Waals surface area contributed by atoms with E-state index in [1.165, 1.54) is 6.92 Å². The number of carbonyl (C=O) groups is 2. The summed E-state index contributed by atoms with van der Waals surface area (Å²) in [5, 5.41) is 8.00. The van der Waals surface area contributed by atoms with Crippen LogP contribution in [0.5, 0.6) is 17.2 Å². The number of rotatable bonds is 5. The number of fused-ring (bicyclic) bond motifs is 1. The molecule has 0 bridgehead atoms. The zero-order valence-electron chi connectivity index (χ0n) is 15.2. The second-order valence-electron chi connectivity index (χ2n) is 5.73. The van der Waals surface area contributed by atoms with Gasteiger partial charge in [0.25, 0.3) is 0 Å². The Balaban J connectivity index is 1.38. The molecule has 2 aromatic rings. The fraction of sp³-hybridized carbons (Fsp3) is 0.200. The summed E-state index contributed by atoms with van der Waals surface area (Å²) in [5.41, 5.74) is 1.25. The summed E-state index contributed by atoms with van der Waals surface area (Å²) in [6.07, 6.45) is 0. The zero-order chi connectivity index (χ0) is 19.8. The second kappa shape index (κ2) is 9.19. The third-order valence-corrected chi connectivity index (χ3v) is 3.56. The maximum Gasteiger partial charge on any atom is 0.319 e. The lowest BCUT2D eigenvalue weighted by molar-refractivity contribution is -0.114. The van der Waals surface area contributed by atoms with Crippen molar-refractivity contribution >= 4 is 23.3 Å². The molecule has 0 fully saturated rings. The molecule has 0 atom stereocenters. The molecule has 3 rings (SSSR count). The van der Waals surface area contributed by atoms with Gasteiger partial charge in [0, 0.05) is 30.4 Å². The molecule has 8 heteroatoms. The molecular weight excluding hydrogens is 362 g/mol. The van der Waals surface area contributed by atoms with E-state index in [1.54, 1.807) is 42.5 Å². The number of benzene rings is 2. The van der Waals surface area contributed by atoms with Gasteiger partial charge in [0.2, 0.25) is 12.7 Å². The lowest BCUT2D eigenvalue weighted by Crippen LogP contribution is -2.28. The maximum atomic E-state index is 11.9. The Kier molecular flexibility index (Phi) is 6.21. The summed E-state index contributed by atoms with van der Waals surface area (Å²) in [6, 6.07) is 11.8. The fourth-order valence-corrected chi connectivity index (χ4v) is 2.37. The highest BCUT2D eigenvalue weighted by molar-refractivity contribution is 5.90. The largest absolute Gasteiger partial charge is 0.481 e. The van der Waals surface area contributed by atoms with Gasteiger partial charge in [0.1, 0.15) is 12.4 Å². The van der Waals surface area contributed by atoms with E-state index < -0.39 is 0 Å². The minimum atomic E-state index is -0.378. The van der Waals surface area contributed by atoms with E-state index >= 15 is 0 Å². The molecule has 0 saturated carbocycles. The SMILES string of the molecule is CC(=O)Nc1cccc(OCC#CCNC(=O)Nc2ccc3c(c2)OCO3)c1. The van der Waals surface area contributed by atoms with Crippen molar-refractivity contribution in [3.05, 3.63) is 42.5 Å². The first-order chi connectivity index (χ1) is 13.6. The van der Waals surface area contributed by atoms with Crippen LogP contribution >= 0.6 is 0 Å². The maximum absolute atomic E-state index is 11.9. The summed E-state index contributed by atoms with van der Waals surface area (Å²) >= 11 is 0. The number of hydrogen-bond acceptors (Lipinski definition) is 5. The number of nitrogens with one attached hydrogen (secondary N) is 3. The van der Waals surface area contributed by atoms with Gasteiger partial charge in [-0.2, -0.15) is 0 Å². The molecule has 0 saturated heterocycles. The van der Waals surface area contributed by atoms with Crippen molar-refractivity contribution in [2.45, 2.75) is 6.92 Å². The molecule has 1 aliphatic heterocycles. The first kappa shape index (κ1) is 18.9. The third-order valence-electron chi connectivity index (χ3n) is 3.56. The van der Waals surface area contributed by atoms with E-state index in [2.05, 4.69) is 27.8 Å². The van der Waals surface area contributed by atoms with Gasteiger partial charge in [-0.3, -0.25) is 4.79 Å². The van der Waals surface area contributed by atoms with Crippen LogP contribution in [0.3, 0.4) is 0 Å². The molecule has 3 amide bonds. The normalized spacial score (nSPS) is 11.0. The van der Waals surface area contributed by atoms with Crippen LogP contribution in [-0.4, -0.2) is 31.9 Å². The molecule has 0 aliphatic carbocycles. The highest BCUT2D eigenvalue weighted by Crippen LogP contribution is 2.34. The molecule has 1 aliphatic rings. The van der Waals surface area contributed by atoms with E-state index in [1.807, 2.05) is 0 Å². The molecule has 8 nitrogen and oxygen atoms in total. The van der Waals surface area contributed by atoms with Crippen LogP contribution in [0.4, 0.5) is 16.2 Å². The van der Waals surface area contributed by atoms with Crippen molar-refractivity contribution in [1.82, 2.24) is 5.32 Å². The van der Waals surface area contributed by atoms with Gasteiger partial charge in [0.15, 0.2) is 11.5 Å². The Bertz CT molecular complexity index is 933. The monoisotopic (exact) mass is 381 g/mol. The number of amides is 3. The summed E-state index contributed by atoms with van der Waals surface area (Å²) in [6.45, 7) is 1.95. The number of anilines is 2. The van der Waals surface area contributed by atoms with Gasteiger partial charge < -0.3 is 30.2 Å². The summed E-state index contributed by atoms with van der Waals surface area (Å²) < 4.78 is 16.0. The first-order valence-corrected chi connectivity index (χ1v) is 8.51. The molecule has 1 heterocycles. The van der Waals surface area contributed by atoms with E-state index in [4.69, 9.17) is 14.2 Å². The van der Waals surface area contributed by atoms with E-state index in [0.29, 0.717) is 28.6 Å². The van der Waals surface area contributed by atoms with Crippen LogP contribution < -0.4 is 30.2 Å². The molecule has 28 heavy (non-hydrogen) atoms. The lowest BCUT2D eigenvalue weighted by atomic mass is 10.3. The van der Waals surface area contributed by atoms with Gasteiger partial charge in [-0.05, 0) is 24.3 Å². The second-order valence-corrected chi connectivity index (χ2v) is 5.73. The molecule has 3 N–H and O–H groups in total. The zero-order valence-corrected chi connectivity index (χ0v) is 15.2. The number of carbonyl (C=O) groups excluding carboxylic acids is 2. The average Bonchev–Trinajstić information content (AvgIpc) is 3.12. The van der Waals surface area contributed by atoms with Crippen LogP contribution in [0.1, 0.15) is 6.92 Å². The van der Waals surface area contributed by atoms with Crippen LogP contribution in [0.15, 0.2) is 42.5 Å². The molecule has 144 valence electrons. The van der Waals surface area contributed by atoms with Crippen molar-refractivity contribution in [2.75, 3.05) is 30.6 Å². The minimum absolute atomic E-state index is 0.151. The van der Waals surface area contributed by atoms with Crippen molar-refractivity contribution in [1.29, 1.82) is 0 Å². The van der Waals surface area contributed by atoms with Crippen molar-refractivity contribution in [2.24, 2.45) is 0 Å². The summed E-state index contributed by atoms with van der Waals surface area (Å²) in [7, 11) is 0. The summed E-state index contributed by atoms with van der Waals surface area (Å²) in [4.78, 5) is 22.9. The minimum Gasteiger partial charge on any atom is -0.481 e. The highest BCUT2D eigenvalue weighted by atomic mass is 16.7. The fourth-order valence-electron chi connectivity index (χ4n) is 2.37. The Morgan fingerprint density at radius 3 is 2.71 bits per heavy atom. The molecular formula is C20H19N3O5. The van der Waals surface area contributed by atoms with Gasteiger partial charge in [-0.15, -0.1) is 0 Å². The molecule has 0 spiro atoms. The summed E-state index contributed by atoms with van der Waals surface area (Å²) in [5.74, 6) is 7.30. The third kappa shape index (κ3) is 5.57. The average molecular weight is 381 g/mol. The van der Waals surface area contributed by atoms with E-state index in [-0.39, 0.29) is 31.9 Å². The van der Waals surface area contributed by atoms with Gasteiger partial charge in [-0.1, -0.05) is 17.9 Å². The highest BCUT2D eigenvalue weighted by Gasteiger charge is 2.13. The Hall–Kier alpha value is -3.86. The predicted molar refractivity (Wildman–Crippen MR) is 104 cm³/mol.